The van der Waals surface area contributed by atoms with Crippen LogP contribution in [0.25, 0.3) is 10.2 Å². The summed E-state index contributed by atoms with van der Waals surface area (Å²) in [6.07, 6.45) is 3.76. The van der Waals surface area contributed by atoms with E-state index in [1.807, 2.05) is 4.90 Å². The largest absolute Gasteiger partial charge is 0.337 e. The first-order chi connectivity index (χ1) is 12.6. The minimum absolute atomic E-state index is 0. The number of nitrogens with zero attached hydrogens (tertiary/aromatic N) is 2. The maximum atomic E-state index is 12.4. The predicted octanol–water partition coefficient (Wildman–Crippen LogP) is 2.34. The fraction of sp³-hybridized carbons (Fsp3) is 0.611. The number of hydrogen-bond donors (Lipinski definition) is 2. The minimum atomic E-state index is -0.00396. The highest BCUT2D eigenvalue weighted by Crippen LogP contribution is 2.34. The fourth-order valence-corrected chi connectivity index (χ4v) is 5.87. The summed E-state index contributed by atoms with van der Waals surface area (Å²) in [7, 11) is 0. The molecule has 0 unspecified atom stereocenters. The Labute approximate surface area is 172 Å². The second-order valence-electron chi connectivity index (χ2n) is 6.99. The van der Waals surface area contributed by atoms with Gasteiger partial charge >= 0.3 is 0 Å². The summed E-state index contributed by atoms with van der Waals surface area (Å²) < 4.78 is 0. The molecule has 2 aromatic heterocycles. The van der Waals surface area contributed by atoms with Crippen LogP contribution in [0.15, 0.2) is 4.79 Å². The zero-order valence-electron chi connectivity index (χ0n) is 15.4. The van der Waals surface area contributed by atoms with E-state index < -0.39 is 0 Å². The van der Waals surface area contributed by atoms with Gasteiger partial charge in [0.2, 0.25) is 5.91 Å². The topological polar surface area (TPSA) is 78.1 Å². The van der Waals surface area contributed by atoms with Gasteiger partial charge in [0.25, 0.3) is 5.56 Å². The van der Waals surface area contributed by atoms with E-state index >= 15 is 0 Å². The van der Waals surface area contributed by atoms with Crippen molar-refractivity contribution in [2.45, 2.75) is 44.4 Å². The molecule has 0 radical (unpaired) electrons. The smallest absolute Gasteiger partial charge is 0.259 e. The van der Waals surface area contributed by atoms with Crippen molar-refractivity contribution >= 4 is 51.6 Å². The summed E-state index contributed by atoms with van der Waals surface area (Å²) in [6.45, 7) is 4.62. The number of thiophene rings is 1. The highest BCUT2D eigenvalue weighted by molar-refractivity contribution is 7.98. The Morgan fingerprint density at radius 2 is 2.26 bits per heavy atom. The average Bonchev–Trinajstić information content (AvgIpc) is 3.19. The van der Waals surface area contributed by atoms with E-state index in [1.54, 1.807) is 23.1 Å². The summed E-state index contributed by atoms with van der Waals surface area (Å²) in [6, 6.07) is 0.266. The molecule has 1 saturated heterocycles. The van der Waals surface area contributed by atoms with Crippen LogP contribution in [0.1, 0.15) is 36.0 Å². The molecule has 2 aliphatic rings. The van der Waals surface area contributed by atoms with E-state index in [9.17, 15) is 9.59 Å². The Bertz CT molecular complexity index is 882. The number of piperazine rings is 1. The van der Waals surface area contributed by atoms with E-state index in [0.717, 1.165) is 60.7 Å². The summed E-state index contributed by atoms with van der Waals surface area (Å²) in [4.78, 5) is 36.6. The van der Waals surface area contributed by atoms with Gasteiger partial charge < -0.3 is 15.2 Å². The highest BCUT2D eigenvalue weighted by atomic mass is 35.5. The van der Waals surface area contributed by atoms with Crippen LogP contribution in [0, 0.1) is 0 Å². The standard InChI is InChI=1S/C18H24N4O2S2.ClH/c1-11-9-19-6-7-22(11)15(23)5-8-25-10-14-20-17(24)16-12-3-2-4-13(12)26-18(16)21-14;/h11,19H,2-10H2,1H3,(H,20,21,24);1H/t11-;/m0./s1. The molecule has 1 atom stereocenters. The number of aryl methyl sites for hydroxylation is 2. The monoisotopic (exact) mass is 428 g/mol. The SMILES string of the molecule is C[C@H]1CNCCN1C(=O)CCSCc1nc2sc3c(c2c(=O)[nH]1)CCC3.Cl. The van der Waals surface area contributed by atoms with E-state index in [0.29, 0.717) is 12.2 Å². The fourth-order valence-electron chi connectivity index (χ4n) is 3.80. The van der Waals surface area contributed by atoms with E-state index in [-0.39, 0.29) is 29.9 Å². The van der Waals surface area contributed by atoms with Gasteiger partial charge in [-0.05, 0) is 31.7 Å². The molecule has 1 aliphatic heterocycles. The van der Waals surface area contributed by atoms with Crippen LogP contribution in [0.2, 0.25) is 0 Å². The van der Waals surface area contributed by atoms with Gasteiger partial charge in [0.15, 0.2) is 0 Å². The van der Waals surface area contributed by atoms with Crippen LogP contribution < -0.4 is 10.9 Å². The molecule has 4 rings (SSSR count). The van der Waals surface area contributed by atoms with Crippen LogP contribution in [-0.2, 0) is 23.4 Å². The maximum absolute atomic E-state index is 12.4. The van der Waals surface area contributed by atoms with Crippen molar-refractivity contribution in [2.75, 3.05) is 25.4 Å². The van der Waals surface area contributed by atoms with Gasteiger partial charge in [-0.15, -0.1) is 23.7 Å². The Hall–Kier alpha value is -1.09. The third-order valence-corrected chi connectivity index (χ3v) is 7.30. The summed E-state index contributed by atoms with van der Waals surface area (Å²) >= 11 is 3.33. The van der Waals surface area contributed by atoms with Crippen molar-refractivity contribution in [3.05, 3.63) is 26.6 Å². The van der Waals surface area contributed by atoms with Gasteiger partial charge in [0.05, 0.1) is 11.1 Å². The van der Waals surface area contributed by atoms with Crippen molar-refractivity contribution in [1.82, 2.24) is 20.2 Å². The quantitative estimate of drug-likeness (QED) is 0.714. The number of aromatic amines is 1. The Kier molecular flexibility index (Phi) is 6.83. The van der Waals surface area contributed by atoms with Gasteiger partial charge in [-0.25, -0.2) is 4.98 Å². The number of carbonyl (C=O) groups is 1. The summed E-state index contributed by atoms with van der Waals surface area (Å²) in [5, 5.41) is 4.11. The molecular weight excluding hydrogens is 404 g/mol. The minimum Gasteiger partial charge on any atom is -0.337 e. The Balaban J connectivity index is 0.00000210. The molecular formula is C18H25ClN4O2S2. The molecule has 6 nitrogen and oxygen atoms in total. The molecule has 9 heteroatoms. The Morgan fingerprint density at radius 1 is 1.41 bits per heavy atom. The Morgan fingerprint density at radius 3 is 3.07 bits per heavy atom. The number of nitrogens with one attached hydrogen (secondary N) is 2. The zero-order valence-corrected chi connectivity index (χ0v) is 17.8. The number of halogens is 1. The number of carbonyl (C=O) groups excluding carboxylic acids is 1. The van der Waals surface area contributed by atoms with E-state index in [1.165, 1.54) is 10.4 Å². The first-order valence-electron chi connectivity index (χ1n) is 9.25. The molecule has 148 valence electrons. The second-order valence-corrected chi connectivity index (χ2v) is 9.18. The van der Waals surface area contributed by atoms with Crippen LogP contribution in [0.5, 0.6) is 0 Å². The van der Waals surface area contributed by atoms with Gasteiger partial charge in [-0.2, -0.15) is 11.8 Å². The van der Waals surface area contributed by atoms with E-state index in [4.69, 9.17) is 0 Å². The maximum Gasteiger partial charge on any atom is 0.259 e. The van der Waals surface area contributed by atoms with Crippen LogP contribution >= 0.6 is 35.5 Å². The van der Waals surface area contributed by atoms with Crippen LogP contribution in [-0.4, -0.2) is 52.2 Å². The van der Waals surface area contributed by atoms with Crippen molar-refractivity contribution in [3.63, 3.8) is 0 Å². The van der Waals surface area contributed by atoms with Crippen LogP contribution in [0.4, 0.5) is 0 Å². The van der Waals surface area contributed by atoms with Crippen molar-refractivity contribution in [3.8, 4) is 0 Å². The van der Waals surface area contributed by atoms with Crippen LogP contribution in [0.3, 0.4) is 0 Å². The van der Waals surface area contributed by atoms with Crippen molar-refractivity contribution in [1.29, 1.82) is 0 Å². The number of aromatic nitrogens is 2. The normalized spacial score (nSPS) is 19.1. The van der Waals surface area contributed by atoms with Gasteiger partial charge in [0.1, 0.15) is 10.7 Å². The first-order valence-corrected chi connectivity index (χ1v) is 11.2. The molecule has 2 N–H and O–H groups in total. The molecule has 27 heavy (non-hydrogen) atoms. The lowest BCUT2D eigenvalue weighted by Gasteiger charge is -2.34. The lowest BCUT2D eigenvalue weighted by atomic mass is 10.2. The number of thioether (sulfide) groups is 1. The van der Waals surface area contributed by atoms with Gasteiger partial charge in [-0.1, -0.05) is 0 Å². The summed E-state index contributed by atoms with van der Waals surface area (Å²) in [5.41, 5.74) is 1.21. The van der Waals surface area contributed by atoms with Crippen molar-refractivity contribution in [2.24, 2.45) is 0 Å². The number of H-pyrrole nitrogens is 1. The van der Waals surface area contributed by atoms with Crippen molar-refractivity contribution < 1.29 is 4.79 Å². The molecule has 0 spiro atoms. The lowest BCUT2D eigenvalue weighted by molar-refractivity contribution is -0.133. The molecule has 0 aromatic carbocycles. The molecule has 1 aliphatic carbocycles. The number of amides is 1. The van der Waals surface area contributed by atoms with Gasteiger partial charge in [-0.3, -0.25) is 9.59 Å². The predicted molar refractivity (Wildman–Crippen MR) is 114 cm³/mol. The first kappa shape index (κ1) is 20.6. The lowest BCUT2D eigenvalue weighted by Crippen LogP contribution is -2.52. The zero-order chi connectivity index (χ0) is 18.1. The average molecular weight is 429 g/mol. The second kappa shape index (κ2) is 8.94. The van der Waals surface area contributed by atoms with E-state index in [2.05, 4.69) is 22.2 Å². The molecule has 1 fully saturated rings. The third-order valence-electron chi connectivity index (χ3n) is 5.14. The molecule has 3 heterocycles. The number of hydrogen-bond acceptors (Lipinski definition) is 6. The molecule has 0 bridgehead atoms. The number of fused-ring (bicyclic) bond motifs is 3. The number of rotatable bonds is 5. The third kappa shape index (κ3) is 4.34. The molecule has 2 aromatic rings. The molecule has 0 saturated carbocycles. The molecule has 1 amide bonds. The summed E-state index contributed by atoms with van der Waals surface area (Å²) in [5.74, 6) is 2.32. The van der Waals surface area contributed by atoms with Gasteiger partial charge in [0, 0.05) is 42.7 Å². The highest BCUT2D eigenvalue weighted by Gasteiger charge is 2.23.